The molecule has 0 atom stereocenters. The molecule has 0 heterocycles. The average molecular weight is 237 g/mol. The van der Waals surface area contributed by atoms with E-state index in [1.54, 1.807) is 7.11 Å². The Balaban J connectivity index is 2.50. The Kier molecular flexibility index (Phi) is 4.97. The minimum atomic E-state index is -0.207. The number of aliphatic hydroxyl groups excluding tert-OH is 1. The zero-order valence-electron chi connectivity index (χ0n) is 11.2. The van der Waals surface area contributed by atoms with Crippen molar-refractivity contribution >= 4 is 0 Å². The molecule has 1 aromatic rings. The van der Waals surface area contributed by atoms with Crippen LogP contribution < -0.4 is 10.1 Å². The molecule has 1 rings (SSSR count). The summed E-state index contributed by atoms with van der Waals surface area (Å²) in [5.41, 5.74) is 2.23. The predicted octanol–water partition coefficient (Wildman–Crippen LogP) is 1.91. The van der Waals surface area contributed by atoms with E-state index < -0.39 is 0 Å². The minimum absolute atomic E-state index is 0.147. The first-order valence-electron chi connectivity index (χ1n) is 5.98. The monoisotopic (exact) mass is 237 g/mol. The van der Waals surface area contributed by atoms with Crippen molar-refractivity contribution in [1.29, 1.82) is 0 Å². The molecular formula is C14H23NO2. The molecule has 3 heteroatoms. The van der Waals surface area contributed by atoms with Crippen molar-refractivity contribution in [2.75, 3.05) is 20.3 Å². The lowest BCUT2D eigenvalue weighted by molar-refractivity contribution is 0.189. The summed E-state index contributed by atoms with van der Waals surface area (Å²) in [5.74, 6) is 0.928. The fraction of sp³-hybridized carbons (Fsp3) is 0.571. The van der Waals surface area contributed by atoms with E-state index in [9.17, 15) is 0 Å². The Morgan fingerprint density at radius 1 is 1.35 bits per heavy atom. The molecule has 17 heavy (non-hydrogen) atoms. The van der Waals surface area contributed by atoms with Crippen molar-refractivity contribution in [3.8, 4) is 5.75 Å². The van der Waals surface area contributed by atoms with Crippen molar-refractivity contribution in [2.24, 2.45) is 0 Å². The number of hydrogen-bond acceptors (Lipinski definition) is 3. The third kappa shape index (κ3) is 4.36. The lowest BCUT2D eigenvalue weighted by Crippen LogP contribution is -2.43. The molecule has 0 aliphatic heterocycles. The van der Waals surface area contributed by atoms with E-state index >= 15 is 0 Å². The van der Waals surface area contributed by atoms with E-state index in [4.69, 9.17) is 9.84 Å². The summed E-state index contributed by atoms with van der Waals surface area (Å²) in [5, 5.41) is 12.4. The summed E-state index contributed by atoms with van der Waals surface area (Å²) in [7, 11) is 1.69. The molecule has 0 bridgehead atoms. The normalized spacial score (nSPS) is 11.6. The van der Waals surface area contributed by atoms with Crippen LogP contribution in [0.1, 0.15) is 25.0 Å². The second-order valence-corrected chi connectivity index (χ2v) is 5.02. The smallest absolute Gasteiger partial charge is 0.121 e. The van der Waals surface area contributed by atoms with Gasteiger partial charge in [0.2, 0.25) is 0 Å². The molecule has 0 unspecified atom stereocenters. The zero-order chi connectivity index (χ0) is 12.9. The van der Waals surface area contributed by atoms with Crippen LogP contribution in [-0.4, -0.2) is 30.9 Å². The molecule has 0 radical (unpaired) electrons. The van der Waals surface area contributed by atoms with Crippen molar-refractivity contribution < 1.29 is 9.84 Å². The van der Waals surface area contributed by atoms with Gasteiger partial charge in [0.25, 0.3) is 0 Å². The van der Waals surface area contributed by atoms with E-state index in [-0.39, 0.29) is 12.1 Å². The SMILES string of the molecule is COc1ccc(CCNC(C)(C)CO)cc1C. The maximum Gasteiger partial charge on any atom is 0.121 e. The molecule has 0 saturated carbocycles. The van der Waals surface area contributed by atoms with Gasteiger partial charge < -0.3 is 15.2 Å². The van der Waals surface area contributed by atoms with Gasteiger partial charge in [-0.1, -0.05) is 12.1 Å². The van der Waals surface area contributed by atoms with Crippen molar-refractivity contribution in [2.45, 2.75) is 32.7 Å². The maximum absolute atomic E-state index is 9.12. The predicted molar refractivity (Wildman–Crippen MR) is 70.6 cm³/mol. The van der Waals surface area contributed by atoms with Gasteiger partial charge in [0.1, 0.15) is 5.75 Å². The van der Waals surface area contributed by atoms with E-state index in [2.05, 4.69) is 17.4 Å². The van der Waals surface area contributed by atoms with Gasteiger partial charge in [0.05, 0.1) is 13.7 Å². The largest absolute Gasteiger partial charge is 0.496 e. The van der Waals surface area contributed by atoms with Crippen LogP contribution in [0.5, 0.6) is 5.75 Å². The summed E-state index contributed by atoms with van der Waals surface area (Å²) in [6.07, 6.45) is 0.953. The van der Waals surface area contributed by atoms with Crippen LogP contribution in [0.3, 0.4) is 0 Å². The maximum atomic E-state index is 9.12. The number of aryl methyl sites for hydroxylation is 1. The minimum Gasteiger partial charge on any atom is -0.496 e. The fourth-order valence-electron chi connectivity index (χ4n) is 1.70. The Hall–Kier alpha value is -1.06. The average Bonchev–Trinajstić information content (AvgIpc) is 2.29. The standard InChI is InChI=1S/C14H23NO2/c1-11-9-12(5-6-13(11)17-4)7-8-15-14(2,3)10-16/h5-6,9,15-16H,7-8,10H2,1-4H3. The van der Waals surface area contributed by atoms with Crippen molar-refractivity contribution in [3.05, 3.63) is 29.3 Å². The van der Waals surface area contributed by atoms with Gasteiger partial charge in [-0.2, -0.15) is 0 Å². The molecule has 0 aliphatic carbocycles. The first kappa shape index (κ1) is 14.0. The quantitative estimate of drug-likeness (QED) is 0.794. The van der Waals surface area contributed by atoms with Crippen molar-refractivity contribution in [3.63, 3.8) is 0 Å². The highest BCUT2D eigenvalue weighted by molar-refractivity contribution is 5.36. The van der Waals surface area contributed by atoms with Gasteiger partial charge in [0.15, 0.2) is 0 Å². The Morgan fingerprint density at radius 3 is 2.59 bits per heavy atom. The zero-order valence-corrected chi connectivity index (χ0v) is 11.2. The van der Waals surface area contributed by atoms with Crippen LogP contribution in [0.2, 0.25) is 0 Å². The number of methoxy groups -OCH3 is 1. The van der Waals surface area contributed by atoms with Crippen LogP contribution in [0.4, 0.5) is 0 Å². The molecule has 96 valence electrons. The molecule has 0 spiro atoms. The molecule has 0 aromatic heterocycles. The molecule has 0 aliphatic rings. The second-order valence-electron chi connectivity index (χ2n) is 5.02. The topological polar surface area (TPSA) is 41.5 Å². The lowest BCUT2D eigenvalue weighted by Gasteiger charge is -2.23. The van der Waals surface area contributed by atoms with Gasteiger partial charge >= 0.3 is 0 Å². The van der Waals surface area contributed by atoms with Crippen LogP contribution in [0.25, 0.3) is 0 Å². The van der Waals surface area contributed by atoms with Crippen LogP contribution in [0.15, 0.2) is 18.2 Å². The summed E-state index contributed by atoms with van der Waals surface area (Å²) in [6, 6.07) is 6.23. The number of rotatable bonds is 6. The van der Waals surface area contributed by atoms with E-state index in [1.165, 1.54) is 5.56 Å². The molecular weight excluding hydrogens is 214 g/mol. The van der Waals surface area contributed by atoms with Crippen LogP contribution in [0, 0.1) is 6.92 Å². The first-order valence-corrected chi connectivity index (χ1v) is 5.98. The second kappa shape index (κ2) is 6.03. The lowest BCUT2D eigenvalue weighted by atomic mass is 10.1. The van der Waals surface area contributed by atoms with Crippen LogP contribution in [-0.2, 0) is 6.42 Å². The van der Waals surface area contributed by atoms with E-state index in [1.807, 2.05) is 26.8 Å². The highest BCUT2D eigenvalue weighted by Crippen LogP contribution is 2.18. The Bertz CT molecular complexity index is 361. The number of hydrogen-bond donors (Lipinski definition) is 2. The summed E-state index contributed by atoms with van der Waals surface area (Å²) in [6.45, 7) is 7.04. The fourth-order valence-corrected chi connectivity index (χ4v) is 1.70. The van der Waals surface area contributed by atoms with Gasteiger partial charge in [-0.05, 0) is 50.9 Å². The molecule has 0 fully saturated rings. The first-order chi connectivity index (χ1) is 7.98. The number of nitrogens with one attached hydrogen (secondary N) is 1. The number of benzene rings is 1. The van der Waals surface area contributed by atoms with E-state index in [0.29, 0.717) is 0 Å². The Morgan fingerprint density at radius 2 is 2.06 bits per heavy atom. The van der Waals surface area contributed by atoms with Gasteiger partial charge in [-0.15, -0.1) is 0 Å². The molecule has 0 saturated heterocycles. The van der Waals surface area contributed by atoms with Crippen LogP contribution >= 0.6 is 0 Å². The van der Waals surface area contributed by atoms with Crippen molar-refractivity contribution in [1.82, 2.24) is 5.32 Å². The van der Waals surface area contributed by atoms with Gasteiger partial charge in [-0.25, -0.2) is 0 Å². The molecule has 0 amide bonds. The molecule has 3 nitrogen and oxygen atoms in total. The van der Waals surface area contributed by atoms with Gasteiger partial charge in [-0.3, -0.25) is 0 Å². The molecule has 1 aromatic carbocycles. The third-order valence-corrected chi connectivity index (χ3v) is 2.87. The van der Waals surface area contributed by atoms with E-state index in [0.717, 1.165) is 24.3 Å². The third-order valence-electron chi connectivity index (χ3n) is 2.87. The summed E-state index contributed by atoms with van der Waals surface area (Å²) in [4.78, 5) is 0. The Labute approximate surface area is 104 Å². The number of aliphatic hydroxyl groups is 1. The highest BCUT2D eigenvalue weighted by atomic mass is 16.5. The molecule has 2 N–H and O–H groups in total. The summed E-state index contributed by atoms with van der Waals surface area (Å²) < 4.78 is 5.23. The summed E-state index contributed by atoms with van der Waals surface area (Å²) >= 11 is 0. The highest BCUT2D eigenvalue weighted by Gasteiger charge is 2.14. The number of ether oxygens (including phenoxy) is 1. The van der Waals surface area contributed by atoms with Gasteiger partial charge in [0, 0.05) is 5.54 Å².